The van der Waals surface area contributed by atoms with Gasteiger partial charge in [-0.2, -0.15) is 5.10 Å². The Morgan fingerprint density at radius 1 is 1.05 bits per heavy atom. The van der Waals surface area contributed by atoms with Crippen LogP contribution >= 0.6 is 0 Å². The lowest BCUT2D eigenvalue weighted by Crippen LogP contribution is -2.15. The molecule has 1 atom stereocenters. The van der Waals surface area contributed by atoms with Crippen molar-refractivity contribution in [3.05, 3.63) is 66.0 Å². The number of phenolic OH excluding ortho intramolecular Hbond substituents is 1. The number of H-pyrrole nitrogens is 1. The normalized spacial score (nSPS) is 12.2. The number of nitrogens with zero attached hydrogens (tertiary/aromatic N) is 2. The number of para-hydroxylation sites is 1. The number of aromatic hydroxyl groups is 1. The molecule has 0 aliphatic rings. The first-order valence-electron chi connectivity index (χ1n) is 6.74. The number of hydrogen-bond donors (Lipinski definition) is 3. The second kappa shape index (κ2) is 5.76. The molecular weight excluding hydrogens is 264 g/mol. The van der Waals surface area contributed by atoms with Gasteiger partial charge in [-0.15, -0.1) is 0 Å². The number of phenols is 1. The fourth-order valence-electron chi connectivity index (χ4n) is 2.19. The van der Waals surface area contributed by atoms with E-state index in [2.05, 4.69) is 15.2 Å². The second-order valence-corrected chi connectivity index (χ2v) is 4.86. The van der Waals surface area contributed by atoms with Gasteiger partial charge < -0.3 is 10.8 Å². The Bertz CT molecular complexity index is 724. The van der Waals surface area contributed by atoms with E-state index < -0.39 is 0 Å². The van der Waals surface area contributed by atoms with Gasteiger partial charge >= 0.3 is 0 Å². The lowest BCUT2D eigenvalue weighted by atomic mass is 10.1. The third kappa shape index (κ3) is 2.93. The standard InChI is InChI=1S/C16H16N4O/c17-13(10-11-6-2-1-3-7-11)16-18-15(19-20-16)12-8-4-5-9-14(12)21/h1-9,13,21H,10,17H2,(H,18,19,20). The van der Waals surface area contributed by atoms with E-state index in [0.717, 1.165) is 5.56 Å². The van der Waals surface area contributed by atoms with Crippen molar-refractivity contribution < 1.29 is 5.11 Å². The zero-order valence-corrected chi connectivity index (χ0v) is 11.4. The summed E-state index contributed by atoms with van der Waals surface area (Å²) in [5, 5.41) is 16.8. The van der Waals surface area contributed by atoms with Crippen molar-refractivity contribution in [3.8, 4) is 17.1 Å². The van der Waals surface area contributed by atoms with Crippen molar-refractivity contribution in [2.24, 2.45) is 5.73 Å². The number of rotatable bonds is 4. The molecule has 0 aliphatic heterocycles. The van der Waals surface area contributed by atoms with Crippen LogP contribution in [-0.2, 0) is 6.42 Å². The van der Waals surface area contributed by atoms with Gasteiger partial charge in [-0.1, -0.05) is 42.5 Å². The smallest absolute Gasteiger partial charge is 0.184 e. The molecule has 0 bridgehead atoms. The first kappa shape index (κ1) is 13.3. The lowest BCUT2D eigenvalue weighted by Gasteiger charge is -2.07. The molecule has 1 unspecified atom stereocenters. The number of hydrogen-bond acceptors (Lipinski definition) is 4. The largest absolute Gasteiger partial charge is 0.507 e. The quantitative estimate of drug-likeness (QED) is 0.685. The van der Waals surface area contributed by atoms with Crippen LogP contribution in [0.25, 0.3) is 11.4 Å². The molecular formula is C16H16N4O. The maximum absolute atomic E-state index is 9.82. The monoisotopic (exact) mass is 280 g/mol. The molecule has 3 aromatic rings. The molecule has 0 radical (unpaired) electrons. The van der Waals surface area contributed by atoms with Crippen LogP contribution in [0.2, 0.25) is 0 Å². The maximum Gasteiger partial charge on any atom is 0.184 e. The molecule has 4 N–H and O–H groups in total. The summed E-state index contributed by atoms with van der Waals surface area (Å²) in [6, 6.07) is 16.7. The topological polar surface area (TPSA) is 87.8 Å². The van der Waals surface area contributed by atoms with Gasteiger partial charge in [0.15, 0.2) is 5.82 Å². The Kier molecular flexibility index (Phi) is 3.66. The van der Waals surface area contributed by atoms with Crippen molar-refractivity contribution in [1.82, 2.24) is 15.2 Å². The molecule has 5 heteroatoms. The number of nitrogens with one attached hydrogen (secondary N) is 1. The molecule has 0 aliphatic carbocycles. The van der Waals surface area contributed by atoms with Gasteiger partial charge in [-0.05, 0) is 24.1 Å². The predicted octanol–water partition coefficient (Wildman–Crippen LogP) is 2.42. The van der Waals surface area contributed by atoms with Crippen molar-refractivity contribution in [3.63, 3.8) is 0 Å². The van der Waals surface area contributed by atoms with Crippen LogP contribution in [0, 0.1) is 0 Å². The highest BCUT2D eigenvalue weighted by Crippen LogP contribution is 2.26. The van der Waals surface area contributed by atoms with Gasteiger partial charge in [0.05, 0.1) is 11.6 Å². The van der Waals surface area contributed by atoms with Crippen molar-refractivity contribution in [1.29, 1.82) is 0 Å². The van der Waals surface area contributed by atoms with Gasteiger partial charge in [0.1, 0.15) is 11.6 Å². The molecule has 0 fully saturated rings. The van der Waals surface area contributed by atoms with Crippen LogP contribution in [0.15, 0.2) is 54.6 Å². The highest BCUT2D eigenvalue weighted by atomic mass is 16.3. The summed E-state index contributed by atoms with van der Waals surface area (Å²) in [6.07, 6.45) is 0.677. The number of benzene rings is 2. The highest BCUT2D eigenvalue weighted by molar-refractivity contribution is 5.62. The fourth-order valence-corrected chi connectivity index (χ4v) is 2.19. The summed E-state index contributed by atoms with van der Waals surface area (Å²) in [4.78, 5) is 4.39. The Labute approximate surface area is 122 Å². The van der Waals surface area contributed by atoms with E-state index in [1.54, 1.807) is 18.2 Å². The SMILES string of the molecule is NC(Cc1ccccc1)c1nc(-c2ccccc2O)n[nH]1. The molecule has 1 heterocycles. The minimum absolute atomic E-state index is 0.152. The predicted molar refractivity (Wildman–Crippen MR) is 80.6 cm³/mol. The van der Waals surface area contributed by atoms with Crippen LogP contribution in [0.1, 0.15) is 17.4 Å². The van der Waals surface area contributed by atoms with Crippen molar-refractivity contribution in [2.75, 3.05) is 0 Å². The zero-order valence-electron chi connectivity index (χ0n) is 11.4. The molecule has 106 valence electrons. The molecule has 0 amide bonds. The Morgan fingerprint density at radius 3 is 2.52 bits per heavy atom. The fraction of sp³-hybridized carbons (Fsp3) is 0.125. The van der Waals surface area contributed by atoms with E-state index in [0.29, 0.717) is 23.6 Å². The van der Waals surface area contributed by atoms with Crippen LogP contribution in [0.5, 0.6) is 5.75 Å². The van der Waals surface area contributed by atoms with E-state index in [1.807, 2.05) is 36.4 Å². The summed E-state index contributed by atoms with van der Waals surface area (Å²) >= 11 is 0. The number of nitrogens with two attached hydrogens (primary N) is 1. The molecule has 2 aromatic carbocycles. The minimum atomic E-state index is -0.264. The molecule has 5 nitrogen and oxygen atoms in total. The summed E-state index contributed by atoms with van der Waals surface area (Å²) in [5.41, 5.74) is 7.89. The van der Waals surface area contributed by atoms with Crippen LogP contribution in [-0.4, -0.2) is 20.3 Å². The molecule has 0 spiro atoms. The second-order valence-electron chi connectivity index (χ2n) is 4.86. The molecule has 1 aromatic heterocycles. The van der Waals surface area contributed by atoms with E-state index in [1.165, 1.54) is 0 Å². The van der Waals surface area contributed by atoms with Gasteiger partial charge in [-0.3, -0.25) is 5.10 Å². The Morgan fingerprint density at radius 2 is 1.76 bits per heavy atom. The number of aromatic amines is 1. The summed E-state index contributed by atoms with van der Waals surface area (Å²) < 4.78 is 0. The minimum Gasteiger partial charge on any atom is -0.507 e. The average molecular weight is 280 g/mol. The van der Waals surface area contributed by atoms with E-state index >= 15 is 0 Å². The van der Waals surface area contributed by atoms with Gasteiger partial charge in [0.25, 0.3) is 0 Å². The Balaban J connectivity index is 1.80. The van der Waals surface area contributed by atoms with E-state index in [4.69, 9.17) is 5.73 Å². The van der Waals surface area contributed by atoms with Gasteiger partial charge in [-0.25, -0.2) is 4.98 Å². The van der Waals surface area contributed by atoms with Crippen LogP contribution in [0.4, 0.5) is 0 Å². The molecule has 3 rings (SSSR count). The highest BCUT2D eigenvalue weighted by Gasteiger charge is 2.14. The lowest BCUT2D eigenvalue weighted by molar-refractivity contribution is 0.477. The van der Waals surface area contributed by atoms with Gasteiger partial charge in [0, 0.05) is 0 Å². The first-order chi connectivity index (χ1) is 10.2. The molecule has 0 saturated carbocycles. The first-order valence-corrected chi connectivity index (χ1v) is 6.74. The average Bonchev–Trinajstić information content (AvgIpc) is 2.98. The van der Waals surface area contributed by atoms with Crippen LogP contribution in [0.3, 0.4) is 0 Å². The van der Waals surface area contributed by atoms with Crippen molar-refractivity contribution in [2.45, 2.75) is 12.5 Å². The third-order valence-electron chi connectivity index (χ3n) is 3.30. The summed E-state index contributed by atoms with van der Waals surface area (Å²) in [5.74, 6) is 1.21. The summed E-state index contributed by atoms with van der Waals surface area (Å²) in [6.45, 7) is 0. The maximum atomic E-state index is 9.82. The Hall–Kier alpha value is -2.66. The third-order valence-corrected chi connectivity index (χ3v) is 3.30. The zero-order chi connectivity index (χ0) is 14.7. The van der Waals surface area contributed by atoms with E-state index in [9.17, 15) is 5.11 Å². The van der Waals surface area contributed by atoms with Crippen LogP contribution < -0.4 is 5.73 Å². The van der Waals surface area contributed by atoms with Gasteiger partial charge in [0.2, 0.25) is 0 Å². The summed E-state index contributed by atoms with van der Waals surface area (Å²) in [7, 11) is 0. The molecule has 21 heavy (non-hydrogen) atoms. The number of aromatic nitrogens is 3. The molecule has 0 saturated heterocycles. The van der Waals surface area contributed by atoms with Crippen molar-refractivity contribution >= 4 is 0 Å². The van der Waals surface area contributed by atoms with E-state index in [-0.39, 0.29) is 11.8 Å².